The Morgan fingerprint density at radius 3 is 3.27 bits per heavy atom. The molecule has 0 unspecified atom stereocenters. The fourth-order valence-corrected chi connectivity index (χ4v) is 1.39. The van der Waals surface area contributed by atoms with Crippen molar-refractivity contribution in [2.45, 2.75) is 32.5 Å². The van der Waals surface area contributed by atoms with Gasteiger partial charge in [-0.1, -0.05) is 0 Å². The lowest BCUT2D eigenvalue weighted by molar-refractivity contribution is -0.0414. The molecule has 0 aliphatic carbocycles. The minimum atomic E-state index is -0.0170. The molecule has 2 rings (SSSR count). The van der Waals surface area contributed by atoms with Gasteiger partial charge in [-0.25, -0.2) is 0 Å². The molecule has 2 heterocycles. The van der Waals surface area contributed by atoms with Gasteiger partial charge in [0.25, 0.3) is 0 Å². The second-order valence-electron chi connectivity index (χ2n) is 3.60. The first-order valence-corrected chi connectivity index (χ1v) is 3.82. The van der Waals surface area contributed by atoms with Gasteiger partial charge in [-0.3, -0.25) is 5.10 Å². The summed E-state index contributed by atoms with van der Waals surface area (Å²) in [7, 11) is 0. The van der Waals surface area contributed by atoms with Gasteiger partial charge in [0, 0.05) is 6.42 Å². The number of aromatic nitrogens is 2. The van der Waals surface area contributed by atoms with E-state index in [0.717, 1.165) is 12.1 Å². The van der Waals surface area contributed by atoms with E-state index in [0.29, 0.717) is 6.61 Å². The lowest BCUT2D eigenvalue weighted by atomic mass is 9.96. The maximum Gasteiger partial charge on any atom is 0.0892 e. The molecule has 0 fully saturated rings. The fraction of sp³-hybridized carbons (Fsp3) is 0.625. The molecule has 0 atom stereocenters. The van der Waals surface area contributed by atoms with Gasteiger partial charge in [0.15, 0.2) is 0 Å². The normalized spacial score (nSPS) is 21.3. The van der Waals surface area contributed by atoms with Crippen LogP contribution in [-0.2, 0) is 17.8 Å². The summed E-state index contributed by atoms with van der Waals surface area (Å²) in [5, 5.41) is 6.88. The number of ether oxygens (including phenoxy) is 1. The molecule has 0 amide bonds. The Morgan fingerprint density at radius 1 is 1.64 bits per heavy atom. The van der Waals surface area contributed by atoms with E-state index in [4.69, 9.17) is 4.74 Å². The van der Waals surface area contributed by atoms with Crippen molar-refractivity contribution in [1.82, 2.24) is 10.2 Å². The molecule has 3 heteroatoms. The van der Waals surface area contributed by atoms with Gasteiger partial charge in [0.1, 0.15) is 0 Å². The lowest BCUT2D eigenvalue weighted by Crippen LogP contribution is -2.31. The third-order valence-electron chi connectivity index (χ3n) is 2.03. The Kier molecular flexibility index (Phi) is 1.29. The molecular weight excluding hydrogens is 140 g/mol. The third-order valence-corrected chi connectivity index (χ3v) is 2.03. The Bertz CT molecular complexity index is 265. The number of hydrogen-bond donors (Lipinski definition) is 1. The molecule has 1 N–H and O–H groups in total. The zero-order valence-corrected chi connectivity index (χ0v) is 6.85. The molecular formula is C8H12N2O. The number of H-pyrrole nitrogens is 1. The first-order chi connectivity index (χ1) is 5.17. The lowest BCUT2D eigenvalue weighted by Gasteiger charge is -2.29. The van der Waals surface area contributed by atoms with Crippen molar-refractivity contribution in [3.05, 3.63) is 17.5 Å². The summed E-state index contributed by atoms with van der Waals surface area (Å²) in [6, 6.07) is 0. The van der Waals surface area contributed by atoms with E-state index in [2.05, 4.69) is 24.0 Å². The molecule has 1 aliphatic heterocycles. The number of nitrogens with one attached hydrogen (secondary N) is 1. The highest BCUT2D eigenvalue weighted by Gasteiger charge is 2.26. The fourth-order valence-electron chi connectivity index (χ4n) is 1.39. The molecule has 60 valence electrons. The van der Waals surface area contributed by atoms with Crippen LogP contribution in [0.2, 0.25) is 0 Å². The van der Waals surface area contributed by atoms with Crippen molar-refractivity contribution in [2.24, 2.45) is 0 Å². The average molecular weight is 152 g/mol. The van der Waals surface area contributed by atoms with Gasteiger partial charge < -0.3 is 4.74 Å². The summed E-state index contributed by atoms with van der Waals surface area (Å²) in [5.41, 5.74) is 2.40. The van der Waals surface area contributed by atoms with Crippen LogP contribution in [0.25, 0.3) is 0 Å². The summed E-state index contributed by atoms with van der Waals surface area (Å²) in [6.07, 6.45) is 2.85. The highest BCUT2D eigenvalue weighted by Crippen LogP contribution is 2.25. The summed E-state index contributed by atoms with van der Waals surface area (Å²) >= 11 is 0. The predicted molar refractivity (Wildman–Crippen MR) is 41.2 cm³/mol. The SMILES string of the molecule is CC1(C)Cc2cn[nH]c2CO1. The maximum absolute atomic E-state index is 5.58. The number of hydrogen-bond acceptors (Lipinski definition) is 2. The highest BCUT2D eigenvalue weighted by molar-refractivity contribution is 5.19. The van der Waals surface area contributed by atoms with Crippen LogP contribution in [0.4, 0.5) is 0 Å². The molecule has 1 aromatic heterocycles. The van der Waals surface area contributed by atoms with Crippen molar-refractivity contribution in [3.63, 3.8) is 0 Å². The van der Waals surface area contributed by atoms with Crippen molar-refractivity contribution in [2.75, 3.05) is 0 Å². The molecule has 1 aliphatic rings. The van der Waals surface area contributed by atoms with E-state index < -0.39 is 0 Å². The van der Waals surface area contributed by atoms with E-state index in [1.807, 2.05) is 6.20 Å². The Balaban J connectivity index is 2.32. The average Bonchev–Trinajstić information content (AvgIpc) is 2.31. The van der Waals surface area contributed by atoms with Crippen LogP contribution in [0.3, 0.4) is 0 Å². The third kappa shape index (κ3) is 1.16. The molecule has 1 aromatic rings. The standard InChI is InChI=1S/C8H12N2O/c1-8(2)3-6-4-9-10-7(6)5-11-8/h4H,3,5H2,1-2H3,(H,9,10). The van der Waals surface area contributed by atoms with Crippen LogP contribution in [-0.4, -0.2) is 15.8 Å². The van der Waals surface area contributed by atoms with Gasteiger partial charge >= 0.3 is 0 Å². The van der Waals surface area contributed by atoms with Crippen LogP contribution >= 0.6 is 0 Å². The Morgan fingerprint density at radius 2 is 2.45 bits per heavy atom. The zero-order chi connectivity index (χ0) is 7.90. The van der Waals surface area contributed by atoms with E-state index >= 15 is 0 Å². The molecule has 0 radical (unpaired) electrons. The highest BCUT2D eigenvalue weighted by atomic mass is 16.5. The first-order valence-electron chi connectivity index (χ1n) is 3.82. The Labute approximate surface area is 65.8 Å². The number of rotatable bonds is 0. The van der Waals surface area contributed by atoms with Crippen LogP contribution in [0.5, 0.6) is 0 Å². The molecule has 3 nitrogen and oxygen atoms in total. The summed E-state index contributed by atoms with van der Waals surface area (Å²) in [4.78, 5) is 0. The van der Waals surface area contributed by atoms with Crippen molar-refractivity contribution >= 4 is 0 Å². The van der Waals surface area contributed by atoms with Crippen molar-refractivity contribution < 1.29 is 4.74 Å². The number of nitrogens with zero attached hydrogens (tertiary/aromatic N) is 1. The topological polar surface area (TPSA) is 37.9 Å². The van der Waals surface area contributed by atoms with Gasteiger partial charge in [-0.05, 0) is 19.4 Å². The summed E-state index contributed by atoms with van der Waals surface area (Å²) < 4.78 is 5.58. The maximum atomic E-state index is 5.58. The monoisotopic (exact) mass is 152 g/mol. The number of aromatic amines is 1. The minimum absolute atomic E-state index is 0.0170. The van der Waals surface area contributed by atoms with Gasteiger partial charge in [0.05, 0.1) is 24.1 Å². The van der Waals surface area contributed by atoms with Gasteiger partial charge in [-0.2, -0.15) is 5.10 Å². The first kappa shape index (κ1) is 6.85. The van der Waals surface area contributed by atoms with Crippen molar-refractivity contribution in [1.29, 1.82) is 0 Å². The Hall–Kier alpha value is -0.830. The minimum Gasteiger partial charge on any atom is -0.369 e. The summed E-state index contributed by atoms with van der Waals surface area (Å²) in [5.74, 6) is 0. The second-order valence-corrected chi connectivity index (χ2v) is 3.60. The quantitative estimate of drug-likeness (QED) is 0.607. The van der Waals surface area contributed by atoms with Crippen LogP contribution in [0.1, 0.15) is 25.1 Å². The van der Waals surface area contributed by atoms with E-state index in [1.165, 1.54) is 5.56 Å². The molecule has 0 saturated heterocycles. The molecule has 0 aromatic carbocycles. The van der Waals surface area contributed by atoms with Gasteiger partial charge in [-0.15, -0.1) is 0 Å². The second kappa shape index (κ2) is 2.08. The largest absolute Gasteiger partial charge is 0.369 e. The van der Waals surface area contributed by atoms with E-state index in [1.54, 1.807) is 0 Å². The van der Waals surface area contributed by atoms with Crippen LogP contribution in [0.15, 0.2) is 6.20 Å². The van der Waals surface area contributed by atoms with E-state index in [-0.39, 0.29) is 5.60 Å². The van der Waals surface area contributed by atoms with Gasteiger partial charge in [0.2, 0.25) is 0 Å². The molecule has 0 spiro atoms. The summed E-state index contributed by atoms with van der Waals surface area (Å²) in [6.45, 7) is 4.87. The molecule has 0 bridgehead atoms. The molecule has 0 saturated carbocycles. The zero-order valence-electron chi connectivity index (χ0n) is 6.85. The predicted octanol–water partition coefficient (Wildman–Crippen LogP) is 1.26. The number of fused-ring (bicyclic) bond motifs is 1. The van der Waals surface area contributed by atoms with E-state index in [9.17, 15) is 0 Å². The molecule has 11 heavy (non-hydrogen) atoms. The van der Waals surface area contributed by atoms with Crippen molar-refractivity contribution in [3.8, 4) is 0 Å². The van der Waals surface area contributed by atoms with Crippen LogP contribution < -0.4 is 0 Å². The van der Waals surface area contributed by atoms with Crippen LogP contribution in [0, 0.1) is 0 Å². The smallest absolute Gasteiger partial charge is 0.0892 e.